The second kappa shape index (κ2) is 6.68. The fraction of sp³-hybridized carbons (Fsp3) is 0.600. The van der Waals surface area contributed by atoms with Crippen molar-refractivity contribution >= 4 is 27.4 Å². The highest BCUT2D eigenvalue weighted by Gasteiger charge is 2.20. The van der Waals surface area contributed by atoms with Crippen LogP contribution in [0.1, 0.15) is 29.1 Å². The summed E-state index contributed by atoms with van der Waals surface area (Å²) in [6.07, 6.45) is 4.85. The average Bonchev–Trinajstić information content (AvgIpc) is 2.84. The van der Waals surface area contributed by atoms with Crippen LogP contribution in [0.3, 0.4) is 0 Å². The van der Waals surface area contributed by atoms with Gasteiger partial charge in [0.1, 0.15) is 16.5 Å². The van der Waals surface area contributed by atoms with Crippen molar-refractivity contribution in [2.24, 2.45) is 0 Å². The molecule has 2 heterocycles. The monoisotopic (exact) mass is 307 g/mol. The molecule has 0 bridgehead atoms. The smallest absolute Gasteiger partial charge is 0.138 e. The molecule has 21 heavy (non-hydrogen) atoms. The first kappa shape index (κ1) is 14.7. The van der Waals surface area contributed by atoms with Crippen molar-refractivity contribution in [3.8, 4) is 0 Å². The van der Waals surface area contributed by atoms with Gasteiger partial charge in [-0.1, -0.05) is 0 Å². The number of fused-ring (bicyclic) bond motifs is 3. The lowest BCUT2D eigenvalue weighted by molar-refractivity contribution is 0.0992. The number of aliphatic hydroxyl groups excluding tert-OH is 1. The number of nitrogens with one attached hydrogen (secondary N) is 1. The Bertz CT molecular complexity index is 627. The Morgan fingerprint density at radius 2 is 2.10 bits per heavy atom. The van der Waals surface area contributed by atoms with Gasteiger partial charge in [-0.25, -0.2) is 9.97 Å². The highest BCUT2D eigenvalue weighted by atomic mass is 32.1. The third kappa shape index (κ3) is 3.17. The van der Waals surface area contributed by atoms with E-state index in [0.29, 0.717) is 19.8 Å². The van der Waals surface area contributed by atoms with E-state index in [9.17, 15) is 0 Å². The van der Waals surface area contributed by atoms with Crippen LogP contribution in [0, 0.1) is 6.92 Å². The molecule has 0 radical (unpaired) electrons. The molecule has 0 aromatic carbocycles. The fourth-order valence-corrected chi connectivity index (χ4v) is 4.11. The summed E-state index contributed by atoms with van der Waals surface area (Å²) in [6.45, 7) is 3.64. The highest BCUT2D eigenvalue weighted by Crippen LogP contribution is 2.38. The molecule has 0 saturated heterocycles. The molecule has 1 aliphatic rings. The number of rotatable bonds is 6. The number of hydrogen-bond donors (Lipinski definition) is 2. The summed E-state index contributed by atoms with van der Waals surface area (Å²) in [5.41, 5.74) is 1.44. The van der Waals surface area contributed by atoms with Crippen molar-refractivity contribution in [3.05, 3.63) is 16.3 Å². The van der Waals surface area contributed by atoms with Crippen LogP contribution in [0.4, 0.5) is 5.82 Å². The van der Waals surface area contributed by atoms with Gasteiger partial charge in [0.05, 0.1) is 25.2 Å². The van der Waals surface area contributed by atoms with Crippen molar-refractivity contribution in [3.63, 3.8) is 0 Å². The summed E-state index contributed by atoms with van der Waals surface area (Å²) in [6, 6.07) is 0. The van der Waals surface area contributed by atoms with E-state index in [0.717, 1.165) is 22.9 Å². The lowest BCUT2D eigenvalue weighted by atomic mass is 9.97. The minimum absolute atomic E-state index is 0.0644. The lowest BCUT2D eigenvalue weighted by Gasteiger charge is -2.13. The molecule has 0 unspecified atom stereocenters. The van der Waals surface area contributed by atoms with Crippen molar-refractivity contribution in [2.45, 2.75) is 32.6 Å². The molecule has 5 nitrogen and oxygen atoms in total. The van der Waals surface area contributed by atoms with Crippen LogP contribution in [-0.4, -0.2) is 41.4 Å². The van der Waals surface area contributed by atoms with Gasteiger partial charge >= 0.3 is 0 Å². The fourth-order valence-electron chi connectivity index (χ4n) is 2.80. The zero-order chi connectivity index (χ0) is 14.7. The van der Waals surface area contributed by atoms with Crippen LogP contribution in [-0.2, 0) is 17.6 Å². The highest BCUT2D eigenvalue weighted by molar-refractivity contribution is 7.19. The summed E-state index contributed by atoms with van der Waals surface area (Å²) in [5.74, 6) is 1.74. The summed E-state index contributed by atoms with van der Waals surface area (Å²) < 4.78 is 5.29. The number of aliphatic hydroxyl groups is 1. The zero-order valence-electron chi connectivity index (χ0n) is 12.3. The number of thiophene rings is 1. The van der Waals surface area contributed by atoms with Crippen LogP contribution < -0.4 is 5.32 Å². The maximum Gasteiger partial charge on any atom is 0.138 e. The predicted octanol–water partition coefficient (Wildman–Crippen LogP) is 2.30. The first-order chi connectivity index (χ1) is 10.3. The Morgan fingerprint density at radius 1 is 1.24 bits per heavy atom. The maximum atomic E-state index is 8.70. The van der Waals surface area contributed by atoms with Gasteiger partial charge in [-0.2, -0.15) is 0 Å². The van der Waals surface area contributed by atoms with E-state index in [1.807, 2.05) is 18.3 Å². The topological polar surface area (TPSA) is 67.3 Å². The van der Waals surface area contributed by atoms with E-state index in [1.54, 1.807) is 0 Å². The normalized spacial score (nSPS) is 14.4. The largest absolute Gasteiger partial charge is 0.394 e. The molecular formula is C15H21N3O2S. The molecule has 2 aromatic rings. The average molecular weight is 307 g/mol. The number of anilines is 1. The van der Waals surface area contributed by atoms with Crippen molar-refractivity contribution in [1.82, 2.24) is 9.97 Å². The van der Waals surface area contributed by atoms with Crippen molar-refractivity contribution in [2.75, 3.05) is 31.7 Å². The van der Waals surface area contributed by atoms with Crippen molar-refractivity contribution < 1.29 is 9.84 Å². The van der Waals surface area contributed by atoms with E-state index in [4.69, 9.17) is 9.84 Å². The van der Waals surface area contributed by atoms with E-state index in [1.165, 1.54) is 35.1 Å². The summed E-state index contributed by atoms with van der Waals surface area (Å²) in [7, 11) is 0. The van der Waals surface area contributed by atoms with Gasteiger partial charge in [0.2, 0.25) is 0 Å². The third-order valence-electron chi connectivity index (χ3n) is 3.70. The van der Waals surface area contributed by atoms with E-state index in [-0.39, 0.29) is 6.61 Å². The third-order valence-corrected chi connectivity index (χ3v) is 4.89. The standard InChI is InChI=1S/C15H21N3O2S/c1-10-17-14(16-6-8-20-9-7-19)13-11-4-2-3-5-12(11)21-15(13)18-10/h19H,2-9H2,1H3,(H,16,17,18). The number of aryl methyl sites for hydroxylation is 3. The van der Waals surface area contributed by atoms with Crippen LogP contribution in [0.15, 0.2) is 0 Å². The Kier molecular flexibility index (Phi) is 4.67. The van der Waals surface area contributed by atoms with E-state index < -0.39 is 0 Å². The molecule has 0 fully saturated rings. The van der Waals surface area contributed by atoms with Gasteiger partial charge in [-0.15, -0.1) is 11.3 Å². The van der Waals surface area contributed by atoms with Gasteiger partial charge in [0.25, 0.3) is 0 Å². The molecule has 6 heteroatoms. The summed E-state index contributed by atoms with van der Waals surface area (Å²) in [4.78, 5) is 11.8. The molecule has 0 aliphatic heterocycles. The van der Waals surface area contributed by atoms with Gasteiger partial charge in [0, 0.05) is 11.4 Å². The SMILES string of the molecule is Cc1nc(NCCOCCO)c2c3c(sc2n1)CCCC3. The molecule has 3 rings (SSSR count). The first-order valence-corrected chi connectivity index (χ1v) is 8.32. The predicted molar refractivity (Wildman–Crippen MR) is 85.2 cm³/mol. The second-order valence-electron chi connectivity index (χ2n) is 5.27. The number of hydrogen-bond acceptors (Lipinski definition) is 6. The first-order valence-electron chi connectivity index (χ1n) is 7.51. The molecule has 2 N–H and O–H groups in total. The molecule has 0 amide bonds. The van der Waals surface area contributed by atoms with E-state index in [2.05, 4.69) is 15.3 Å². The quantitative estimate of drug-likeness (QED) is 0.802. The van der Waals surface area contributed by atoms with Gasteiger partial charge in [-0.05, 0) is 38.2 Å². The van der Waals surface area contributed by atoms with Crippen LogP contribution in [0.5, 0.6) is 0 Å². The second-order valence-corrected chi connectivity index (χ2v) is 6.36. The number of nitrogens with zero attached hydrogens (tertiary/aromatic N) is 2. The molecular weight excluding hydrogens is 286 g/mol. The Morgan fingerprint density at radius 3 is 2.95 bits per heavy atom. The number of aromatic nitrogens is 2. The van der Waals surface area contributed by atoms with Crippen molar-refractivity contribution in [1.29, 1.82) is 0 Å². The minimum atomic E-state index is 0.0644. The van der Waals surface area contributed by atoms with Gasteiger partial charge in [-0.3, -0.25) is 0 Å². The van der Waals surface area contributed by atoms with Gasteiger partial charge < -0.3 is 15.2 Å². The van der Waals surface area contributed by atoms with Gasteiger partial charge in [0.15, 0.2) is 0 Å². The Hall–Kier alpha value is -1.24. The maximum absolute atomic E-state index is 8.70. The molecule has 0 saturated carbocycles. The van der Waals surface area contributed by atoms with E-state index >= 15 is 0 Å². The Balaban J connectivity index is 1.84. The van der Waals surface area contributed by atoms with Crippen LogP contribution >= 0.6 is 11.3 Å². The minimum Gasteiger partial charge on any atom is -0.394 e. The number of ether oxygens (including phenoxy) is 1. The molecule has 114 valence electrons. The molecule has 2 aromatic heterocycles. The molecule has 1 aliphatic carbocycles. The molecule has 0 atom stereocenters. The van der Waals surface area contributed by atoms with Crippen LogP contribution in [0.25, 0.3) is 10.2 Å². The van der Waals surface area contributed by atoms with Crippen LogP contribution in [0.2, 0.25) is 0 Å². The lowest BCUT2D eigenvalue weighted by Crippen LogP contribution is -2.13. The summed E-state index contributed by atoms with van der Waals surface area (Å²) in [5, 5.41) is 13.3. The molecule has 0 spiro atoms. The zero-order valence-corrected chi connectivity index (χ0v) is 13.1. The Labute approximate surface area is 128 Å². The summed E-state index contributed by atoms with van der Waals surface area (Å²) >= 11 is 1.82.